The SMILES string of the molecule is COc1ccc(OC)c(C2CCCN2C(=O)Nc2nc(C)cs2)c1. The van der Waals surface area contributed by atoms with Gasteiger partial charge in [0.05, 0.1) is 26.0 Å². The van der Waals surface area contributed by atoms with Gasteiger partial charge in [-0.1, -0.05) is 0 Å². The number of nitrogens with one attached hydrogen (secondary N) is 1. The van der Waals surface area contributed by atoms with Gasteiger partial charge in [-0.05, 0) is 38.0 Å². The summed E-state index contributed by atoms with van der Waals surface area (Å²) >= 11 is 1.43. The summed E-state index contributed by atoms with van der Waals surface area (Å²) in [5.74, 6) is 1.53. The van der Waals surface area contributed by atoms with Crippen LogP contribution in [0.1, 0.15) is 30.1 Å². The molecular formula is C17H21N3O3S. The zero-order chi connectivity index (χ0) is 17.1. The number of thiazole rings is 1. The number of aromatic nitrogens is 1. The fourth-order valence-electron chi connectivity index (χ4n) is 3.01. The van der Waals surface area contributed by atoms with Crippen molar-refractivity contribution >= 4 is 22.5 Å². The molecule has 128 valence electrons. The molecule has 0 aliphatic carbocycles. The molecule has 0 spiro atoms. The van der Waals surface area contributed by atoms with Gasteiger partial charge in [-0.25, -0.2) is 9.78 Å². The van der Waals surface area contributed by atoms with E-state index >= 15 is 0 Å². The van der Waals surface area contributed by atoms with E-state index in [1.54, 1.807) is 14.2 Å². The number of carbonyl (C=O) groups is 1. The highest BCUT2D eigenvalue weighted by Crippen LogP contribution is 2.39. The minimum Gasteiger partial charge on any atom is -0.497 e. The van der Waals surface area contributed by atoms with Gasteiger partial charge in [0.25, 0.3) is 0 Å². The Labute approximate surface area is 145 Å². The normalized spacial score (nSPS) is 17.0. The molecule has 0 radical (unpaired) electrons. The predicted molar refractivity (Wildman–Crippen MR) is 94.1 cm³/mol. The lowest BCUT2D eigenvalue weighted by Gasteiger charge is -2.26. The first-order valence-electron chi connectivity index (χ1n) is 7.84. The second kappa shape index (κ2) is 7.09. The maximum atomic E-state index is 12.7. The van der Waals surface area contributed by atoms with E-state index in [4.69, 9.17) is 9.47 Å². The van der Waals surface area contributed by atoms with Gasteiger partial charge in [0.2, 0.25) is 0 Å². The third kappa shape index (κ3) is 3.31. The van der Waals surface area contributed by atoms with Crippen molar-refractivity contribution in [3.8, 4) is 11.5 Å². The average molecular weight is 347 g/mol. The largest absolute Gasteiger partial charge is 0.497 e. The molecule has 1 saturated heterocycles. The molecule has 2 aromatic rings. The molecule has 1 unspecified atom stereocenters. The molecule has 0 saturated carbocycles. The Bertz CT molecular complexity index is 732. The van der Waals surface area contributed by atoms with Crippen molar-refractivity contribution in [1.82, 2.24) is 9.88 Å². The van der Waals surface area contributed by atoms with E-state index < -0.39 is 0 Å². The number of nitrogens with zero attached hydrogens (tertiary/aromatic N) is 2. The van der Waals surface area contributed by atoms with Gasteiger partial charge in [0.15, 0.2) is 5.13 Å². The quantitative estimate of drug-likeness (QED) is 0.913. The van der Waals surface area contributed by atoms with Gasteiger partial charge in [0, 0.05) is 17.5 Å². The highest BCUT2D eigenvalue weighted by Gasteiger charge is 2.32. The smallest absolute Gasteiger partial charge is 0.324 e. The summed E-state index contributed by atoms with van der Waals surface area (Å²) in [6.45, 7) is 2.62. The summed E-state index contributed by atoms with van der Waals surface area (Å²) in [6, 6.07) is 5.53. The highest BCUT2D eigenvalue weighted by molar-refractivity contribution is 7.13. The van der Waals surface area contributed by atoms with Crippen molar-refractivity contribution in [1.29, 1.82) is 0 Å². The van der Waals surface area contributed by atoms with Gasteiger partial charge in [-0.2, -0.15) is 0 Å². The van der Waals surface area contributed by atoms with Crippen LogP contribution in [0, 0.1) is 6.92 Å². The van der Waals surface area contributed by atoms with Crippen molar-refractivity contribution in [2.75, 3.05) is 26.1 Å². The number of benzene rings is 1. The van der Waals surface area contributed by atoms with E-state index in [2.05, 4.69) is 10.3 Å². The van der Waals surface area contributed by atoms with Crippen LogP contribution in [0.4, 0.5) is 9.93 Å². The van der Waals surface area contributed by atoms with Crippen LogP contribution >= 0.6 is 11.3 Å². The van der Waals surface area contributed by atoms with Crippen LogP contribution in [-0.4, -0.2) is 36.7 Å². The standard InChI is InChI=1S/C17H21N3O3S/c1-11-10-24-16(18-11)19-17(21)20-8-4-5-14(20)13-9-12(22-2)6-7-15(13)23-3/h6-7,9-10,14H,4-5,8H2,1-3H3,(H,18,19,21). The maximum Gasteiger partial charge on any atom is 0.324 e. The molecule has 2 heterocycles. The summed E-state index contributed by atoms with van der Waals surface area (Å²) < 4.78 is 10.8. The second-order valence-corrected chi connectivity index (χ2v) is 6.54. The number of hydrogen-bond donors (Lipinski definition) is 1. The lowest BCUT2D eigenvalue weighted by Crippen LogP contribution is -2.34. The Morgan fingerprint density at radius 2 is 2.21 bits per heavy atom. The third-order valence-corrected chi connectivity index (χ3v) is 5.02. The number of likely N-dealkylation sites (tertiary alicyclic amines) is 1. The number of urea groups is 1. The number of rotatable bonds is 4. The molecule has 3 rings (SSSR count). The molecule has 0 bridgehead atoms. The number of methoxy groups -OCH3 is 2. The Morgan fingerprint density at radius 1 is 1.38 bits per heavy atom. The van der Waals surface area contributed by atoms with Crippen molar-refractivity contribution in [3.05, 3.63) is 34.8 Å². The molecular weight excluding hydrogens is 326 g/mol. The minimum atomic E-state index is -0.128. The van der Waals surface area contributed by atoms with E-state index in [-0.39, 0.29) is 12.1 Å². The molecule has 7 heteroatoms. The number of ether oxygens (including phenoxy) is 2. The van der Waals surface area contributed by atoms with Gasteiger partial charge in [-0.15, -0.1) is 11.3 Å². The van der Waals surface area contributed by atoms with E-state index in [0.29, 0.717) is 11.7 Å². The lowest BCUT2D eigenvalue weighted by atomic mass is 10.0. The Kier molecular flexibility index (Phi) is 4.89. The molecule has 1 atom stereocenters. The molecule has 1 N–H and O–H groups in total. The van der Waals surface area contributed by atoms with E-state index in [1.807, 2.05) is 35.4 Å². The van der Waals surface area contributed by atoms with Gasteiger partial charge in [-0.3, -0.25) is 5.32 Å². The average Bonchev–Trinajstić information content (AvgIpc) is 3.23. The molecule has 1 aliphatic heterocycles. The number of amides is 2. The summed E-state index contributed by atoms with van der Waals surface area (Å²) in [5, 5.41) is 5.44. The first-order valence-corrected chi connectivity index (χ1v) is 8.72. The fourth-order valence-corrected chi connectivity index (χ4v) is 3.69. The van der Waals surface area contributed by atoms with Crippen molar-refractivity contribution < 1.29 is 14.3 Å². The van der Waals surface area contributed by atoms with Crippen LogP contribution < -0.4 is 14.8 Å². The van der Waals surface area contributed by atoms with Crippen LogP contribution in [0.2, 0.25) is 0 Å². The third-order valence-electron chi connectivity index (χ3n) is 4.14. The summed E-state index contributed by atoms with van der Waals surface area (Å²) in [5.41, 5.74) is 1.88. The van der Waals surface area contributed by atoms with Gasteiger partial charge >= 0.3 is 6.03 Å². The molecule has 6 nitrogen and oxygen atoms in total. The second-order valence-electron chi connectivity index (χ2n) is 5.68. The Hall–Kier alpha value is -2.28. The molecule has 2 amide bonds. The van der Waals surface area contributed by atoms with Crippen molar-refractivity contribution in [3.63, 3.8) is 0 Å². The Morgan fingerprint density at radius 3 is 2.88 bits per heavy atom. The molecule has 1 fully saturated rings. The minimum absolute atomic E-state index is 0.0314. The van der Waals surface area contributed by atoms with Crippen LogP contribution in [0.3, 0.4) is 0 Å². The van der Waals surface area contributed by atoms with Crippen molar-refractivity contribution in [2.45, 2.75) is 25.8 Å². The monoisotopic (exact) mass is 347 g/mol. The summed E-state index contributed by atoms with van der Waals surface area (Å²) in [4.78, 5) is 18.8. The van der Waals surface area contributed by atoms with E-state index in [1.165, 1.54) is 11.3 Å². The zero-order valence-electron chi connectivity index (χ0n) is 14.0. The predicted octanol–water partition coefficient (Wildman–Crippen LogP) is 3.84. The topological polar surface area (TPSA) is 63.7 Å². The number of aryl methyl sites for hydroxylation is 1. The summed E-state index contributed by atoms with van der Waals surface area (Å²) in [6.07, 6.45) is 1.85. The number of anilines is 1. The van der Waals surface area contributed by atoms with Gasteiger partial charge < -0.3 is 14.4 Å². The number of hydrogen-bond acceptors (Lipinski definition) is 5. The van der Waals surface area contributed by atoms with Crippen LogP contribution in [0.5, 0.6) is 11.5 Å². The maximum absolute atomic E-state index is 12.7. The molecule has 1 aromatic heterocycles. The van der Waals surface area contributed by atoms with Gasteiger partial charge in [0.1, 0.15) is 11.5 Å². The van der Waals surface area contributed by atoms with Crippen molar-refractivity contribution in [2.24, 2.45) is 0 Å². The Balaban J connectivity index is 1.83. The highest BCUT2D eigenvalue weighted by atomic mass is 32.1. The summed E-state index contributed by atoms with van der Waals surface area (Å²) in [7, 11) is 3.28. The molecule has 1 aromatic carbocycles. The fraction of sp³-hybridized carbons (Fsp3) is 0.412. The van der Waals surface area contributed by atoms with Crippen LogP contribution in [-0.2, 0) is 0 Å². The van der Waals surface area contributed by atoms with Crippen LogP contribution in [0.25, 0.3) is 0 Å². The zero-order valence-corrected chi connectivity index (χ0v) is 14.9. The van der Waals surface area contributed by atoms with E-state index in [0.717, 1.165) is 35.6 Å². The van der Waals surface area contributed by atoms with Crippen LogP contribution in [0.15, 0.2) is 23.6 Å². The van der Waals surface area contributed by atoms with E-state index in [9.17, 15) is 4.79 Å². The first-order chi connectivity index (χ1) is 11.6. The molecule has 24 heavy (non-hydrogen) atoms. The number of carbonyl (C=O) groups excluding carboxylic acids is 1. The molecule has 1 aliphatic rings. The lowest BCUT2D eigenvalue weighted by molar-refractivity contribution is 0.206. The first kappa shape index (κ1) is 16.6.